The van der Waals surface area contributed by atoms with Crippen LogP contribution in [-0.2, 0) is 36.7 Å². The zero-order chi connectivity index (χ0) is 31.8. The Morgan fingerprint density at radius 2 is 1.51 bits per heavy atom. The molecule has 0 spiro atoms. The van der Waals surface area contributed by atoms with Crippen molar-refractivity contribution in [3.63, 3.8) is 0 Å². The molecule has 3 saturated heterocycles. The molecule has 0 radical (unpaired) electrons. The maximum Gasteiger partial charge on any atom is 0.472 e. The summed E-state index contributed by atoms with van der Waals surface area (Å²) < 4.78 is 61.4. The van der Waals surface area contributed by atoms with E-state index in [2.05, 4.69) is 24.9 Å². The number of imidazole rings is 2. The summed E-state index contributed by atoms with van der Waals surface area (Å²) in [4.78, 5) is 52.4. The molecule has 0 aliphatic carbocycles. The van der Waals surface area contributed by atoms with Crippen molar-refractivity contribution in [1.82, 2.24) is 34.1 Å². The number of nitrogens with one attached hydrogen (secondary N) is 1. The van der Waals surface area contributed by atoms with Crippen LogP contribution in [0.15, 0.2) is 29.7 Å². The molecule has 45 heavy (non-hydrogen) atoms. The van der Waals surface area contributed by atoms with Crippen molar-refractivity contribution >= 4 is 43.9 Å². The van der Waals surface area contributed by atoms with Gasteiger partial charge in [0, 0.05) is 6.20 Å². The molecule has 0 amide bonds. The van der Waals surface area contributed by atoms with Crippen LogP contribution in [0.3, 0.4) is 0 Å². The minimum absolute atomic E-state index is 0.117. The van der Waals surface area contributed by atoms with Gasteiger partial charge in [-0.2, -0.15) is 4.98 Å². The minimum atomic E-state index is -5.09. The van der Waals surface area contributed by atoms with E-state index in [4.69, 9.17) is 33.3 Å². The summed E-state index contributed by atoms with van der Waals surface area (Å²) in [6.45, 7) is 0.208. The molecule has 2 bridgehead atoms. The number of nitrogens with zero attached hydrogens (tertiary/aromatic N) is 6. The number of pyridine rings is 1. The molecule has 242 valence electrons. The van der Waals surface area contributed by atoms with Gasteiger partial charge in [0.25, 0.3) is 5.56 Å². The number of nitrogen functional groups attached to an aromatic ring is 1. The summed E-state index contributed by atoms with van der Waals surface area (Å²) in [5, 5.41) is 22.2. The highest BCUT2D eigenvalue weighted by molar-refractivity contribution is 7.47. The van der Waals surface area contributed by atoms with Crippen LogP contribution in [0.4, 0.5) is 5.95 Å². The molecule has 4 aromatic heterocycles. The van der Waals surface area contributed by atoms with Crippen LogP contribution in [0, 0.1) is 6.92 Å². The molecule has 23 heteroatoms. The first-order valence-corrected chi connectivity index (χ1v) is 16.3. The summed E-state index contributed by atoms with van der Waals surface area (Å²) in [6.07, 6.45) is -8.40. The van der Waals surface area contributed by atoms with Crippen LogP contribution < -0.4 is 11.3 Å². The molecule has 3 aliphatic heterocycles. The maximum absolute atomic E-state index is 13.2. The topological polar surface area (TPSA) is 291 Å². The van der Waals surface area contributed by atoms with Gasteiger partial charge in [-0.15, -0.1) is 0 Å². The fraction of sp³-hybridized carbons (Fsp3) is 0.500. The lowest BCUT2D eigenvalue weighted by Crippen LogP contribution is -2.36. The van der Waals surface area contributed by atoms with Gasteiger partial charge in [-0.25, -0.2) is 24.1 Å². The van der Waals surface area contributed by atoms with Crippen LogP contribution >= 0.6 is 15.6 Å². The fourth-order valence-corrected chi connectivity index (χ4v) is 7.38. The van der Waals surface area contributed by atoms with Crippen LogP contribution in [0.1, 0.15) is 18.0 Å². The first-order chi connectivity index (χ1) is 21.3. The van der Waals surface area contributed by atoms with Gasteiger partial charge in [0.1, 0.15) is 42.1 Å². The second-order valence-electron chi connectivity index (χ2n) is 10.5. The summed E-state index contributed by atoms with van der Waals surface area (Å²) in [7, 11) is -10.1. The highest BCUT2D eigenvalue weighted by Crippen LogP contribution is 2.53. The SMILES string of the molecule is Cc1ccnc2c1ncn2[C@@H]1O[C@@H]2COP(=O)(O)O[C@@H]3[C@H](O)[C@@H](COP(=O)(O)O[C@H]2[C@H]1O)O[C@H]3n1cnc2c(=O)[nH]c(N)nc21. The molecule has 3 fully saturated rings. The Balaban J connectivity index is 1.21. The van der Waals surface area contributed by atoms with Crippen LogP contribution in [0.5, 0.6) is 0 Å². The maximum atomic E-state index is 13.2. The van der Waals surface area contributed by atoms with E-state index >= 15 is 0 Å². The zero-order valence-corrected chi connectivity index (χ0v) is 24.7. The molecule has 7 N–H and O–H groups in total. The standard InChI is InChI=1S/C22H26N8O13P2/c1-8-2-3-24-17-11(8)25-6-29(17)20-14(32)15-10(41-20)5-39-45(36,37)43-16-13(31)9(4-38-44(34,35)42-15)40-21(16)30-7-26-12-18(30)27-22(23)28-19(12)33/h2-3,6-7,9-10,13-16,20-21,31-32H,4-5H2,1H3,(H,34,35)(H,36,37)(H3,23,27,28,33)/t9-,10-,13-,14-,15-,16-,20-,21-/m1/s1. The van der Waals surface area contributed by atoms with Crippen molar-refractivity contribution < 1.29 is 56.7 Å². The zero-order valence-electron chi connectivity index (χ0n) is 23.0. The number of aromatic amines is 1. The quantitative estimate of drug-likeness (QED) is 0.139. The highest BCUT2D eigenvalue weighted by Gasteiger charge is 2.54. The summed E-state index contributed by atoms with van der Waals surface area (Å²) >= 11 is 0. The van der Waals surface area contributed by atoms with Crippen molar-refractivity contribution in [2.75, 3.05) is 18.9 Å². The predicted octanol–water partition coefficient (Wildman–Crippen LogP) is -1.01. The smallest absolute Gasteiger partial charge is 0.387 e. The predicted molar refractivity (Wildman–Crippen MR) is 146 cm³/mol. The molecule has 2 unspecified atom stereocenters. The number of H-pyrrole nitrogens is 1. The van der Waals surface area contributed by atoms with Crippen molar-refractivity contribution in [3.05, 3.63) is 40.8 Å². The van der Waals surface area contributed by atoms with Gasteiger partial charge in [0.05, 0.1) is 25.9 Å². The third-order valence-electron chi connectivity index (χ3n) is 7.60. The number of hydrogen-bond donors (Lipinski definition) is 6. The average Bonchev–Trinajstić information content (AvgIpc) is 3.72. The Kier molecular flexibility index (Phi) is 7.43. The van der Waals surface area contributed by atoms with Gasteiger partial charge in [-0.3, -0.25) is 37.0 Å². The lowest BCUT2D eigenvalue weighted by Gasteiger charge is -2.25. The highest BCUT2D eigenvalue weighted by atomic mass is 31.2. The summed E-state index contributed by atoms with van der Waals surface area (Å²) in [6, 6.07) is 1.73. The number of rotatable bonds is 2. The van der Waals surface area contributed by atoms with E-state index in [1.54, 1.807) is 13.0 Å². The molecule has 3 aliphatic rings. The van der Waals surface area contributed by atoms with Crippen molar-refractivity contribution in [1.29, 1.82) is 0 Å². The lowest BCUT2D eigenvalue weighted by molar-refractivity contribution is -0.0672. The van der Waals surface area contributed by atoms with Crippen molar-refractivity contribution in [2.24, 2.45) is 0 Å². The van der Waals surface area contributed by atoms with E-state index in [0.717, 1.165) is 16.5 Å². The number of fused-ring (bicyclic) bond motifs is 5. The van der Waals surface area contributed by atoms with Gasteiger partial charge in [-0.1, -0.05) is 0 Å². The monoisotopic (exact) mass is 672 g/mol. The molecular weight excluding hydrogens is 646 g/mol. The molecule has 7 rings (SSSR count). The van der Waals surface area contributed by atoms with Crippen molar-refractivity contribution in [3.8, 4) is 0 Å². The number of aliphatic hydroxyl groups is 2. The Morgan fingerprint density at radius 3 is 2.24 bits per heavy atom. The number of anilines is 1. The molecule has 0 aromatic carbocycles. The Morgan fingerprint density at radius 1 is 0.889 bits per heavy atom. The van der Waals surface area contributed by atoms with E-state index in [-0.39, 0.29) is 17.1 Å². The largest absolute Gasteiger partial charge is 0.472 e. The number of ether oxygens (including phenoxy) is 2. The molecule has 21 nitrogen and oxygen atoms in total. The number of hydrogen-bond acceptors (Lipinski definition) is 16. The molecule has 7 heterocycles. The fourth-order valence-electron chi connectivity index (χ4n) is 5.49. The summed E-state index contributed by atoms with van der Waals surface area (Å²) in [5.41, 5.74) is 6.31. The van der Waals surface area contributed by atoms with E-state index in [0.29, 0.717) is 11.2 Å². The second kappa shape index (κ2) is 11.0. The third-order valence-corrected chi connectivity index (χ3v) is 9.57. The third kappa shape index (κ3) is 5.39. The number of aliphatic hydroxyl groups excluding tert-OH is 2. The molecular formula is C22H26N8O13P2. The van der Waals surface area contributed by atoms with Gasteiger partial charge in [0.15, 0.2) is 29.3 Å². The van der Waals surface area contributed by atoms with E-state index in [1.165, 1.54) is 17.1 Å². The number of aromatic nitrogens is 7. The number of phosphoric ester groups is 2. The van der Waals surface area contributed by atoms with Gasteiger partial charge < -0.3 is 35.2 Å². The van der Waals surface area contributed by atoms with Crippen LogP contribution in [0.2, 0.25) is 0 Å². The number of phosphoric acid groups is 2. The first kappa shape index (κ1) is 30.5. The summed E-state index contributed by atoms with van der Waals surface area (Å²) in [5.74, 6) is -0.275. The Hall–Kier alpha value is -3.17. The molecule has 10 atom stereocenters. The van der Waals surface area contributed by atoms with Crippen molar-refractivity contribution in [2.45, 2.75) is 56.0 Å². The van der Waals surface area contributed by atoms with Gasteiger partial charge in [-0.05, 0) is 18.6 Å². The van der Waals surface area contributed by atoms with E-state index in [9.17, 15) is 33.9 Å². The normalized spacial score (nSPS) is 37.7. The van der Waals surface area contributed by atoms with Gasteiger partial charge in [0.2, 0.25) is 5.95 Å². The molecule has 4 aromatic rings. The second-order valence-corrected chi connectivity index (χ2v) is 13.3. The Labute approximate surface area is 250 Å². The number of nitrogens with two attached hydrogens (primary N) is 1. The Bertz CT molecular complexity index is 1930. The first-order valence-electron chi connectivity index (χ1n) is 13.3. The van der Waals surface area contributed by atoms with Crippen LogP contribution in [0.25, 0.3) is 22.3 Å². The molecule has 0 saturated carbocycles. The van der Waals surface area contributed by atoms with E-state index < -0.39 is 83.5 Å². The lowest BCUT2D eigenvalue weighted by atomic mass is 10.1. The van der Waals surface area contributed by atoms with Crippen LogP contribution in [-0.4, -0.2) is 104 Å². The minimum Gasteiger partial charge on any atom is -0.387 e. The average molecular weight is 672 g/mol. The number of aryl methyl sites for hydroxylation is 1. The van der Waals surface area contributed by atoms with Gasteiger partial charge >= 0.3 is 15.6 Å². The van der Waals surface area contributed by atoms with E-state index in [1.807, 2.05) is 0 Å².